The van der Waals surface area contributed by atoms with Crippen LogP contribution < -0.4 is 0 Å². The Morgan fingerprint density at radius 3 is 2.45 bits per heavy atom. The summed E-state index contributed by atoms with van der Waals surface area (Å²) in [6.45, 7) is 1.80. The van der Waals surface area contributed by atoms with Crippen molar-refractivity contribution in [3.63, 3.8) is 0 Å². The molecule has 8 heteroatoms. The minimum absolute atomic E-state index is 0.0650. The lowest BCUT2D eigenvalue weighted by Crippen LogP contribution is -2.50. The summed E-state index contributed by atoms with van der Waals surface area (Å²) in [7, 11) is 0. The second-order valence-electron chi connectivity index (χ2n) is 7.77. The first-order valence-electron chi connectivity index (χ1n) is 10.0. The number of carbonyl (C=O) groups is 3. The van der Waals surface area contributed by atoms with Crippen LogP contribution in [0.3, 0.4) is 0 Å². The standard InChI is InChI=1S/C23H21N3O5/c1-15-8-7-12-18-20(15)23(29)25(22(18)28)24(14-16-9-3-2-4-10-16)21(27)17-11-5-6-13-19(17)26(30)31/h2-11,13,15,18,20H,12,14H2,1H3/t15-,18-,20-/m1/s1. The van der Waals surface area contributed by atoms with Crippen molar-refractivity contribution >= 4 is 23.4 Å². The Kier molecular flexibility index (Phi) is 5.37. The summed E-state index contributed by atoms with van der Waals surface area (Å²) >= 11 is 0. The number of hydrogen-bond acceptors (Lipinski definition) is 5. The predicted molar refractivity (Wildman–Crippen MR) is 111 cm³/mol. The first-order valence-corrected chi connectivity index (χ1v) is 10.0. The molecule has 31 heavy (non-hydrogen) atoms. The topological polar surface area (TPSA) is 101 Å². The Labute approximate surface area is 178 Å². The molecule has 1 fully saturated rings. The van der Waals surface area contributed by atoms with Crippen LogP contribution in [0.15, 0.2) is 66.7 Å². The number of allylic oxidation sites excluding steroid dienone is 2. The zero-order chi connectivity index (χ0) is 22.1. The molecule has 0 N–H and O–H groups in total. The van der Waals surface area contributed by atoms with E-state index in [2.05, 4.69) is 0 Å². The number of para-hydroxylation sites is 1. The molecule has 0 aromatic heterocycles. The van der Waals surface area contributed by atoms with Crippen molar-refractivity contribution in [2.24, 2.45) is 17.8 Å². The molecule has 2 aromatic rings. The fourth-order valence-electron chi connectivity index (χ4n) is 4.31. The minimum Gasteiger partial charge on any atom is -0.272 e. The summed E-state index contributed by atoms with van der Waals surface area (Å²) in [6.07, 6.45) is 4.21. The van der Waals surface area contributed by atoms with Crippen LogP contribution in [0.4, 0.5) is 5.69 Å². The second kappa shape index (κ2) is 8.14. The van der Waals surface area contributed by atoms with E-state index in [1.54, 1.807) is 24.3 Å². The number of rotatable bonds is 5. The maximum absolute atomic E-state index is 13.5. The molecule has 0 unspecified atom stereocenters. The lowest BCUT2D eigenvalue weighted by molar-refractivity contribution is -0.385. The highest BCUT2D eigenvalue weighted by atomic mass is 16.6. The van der Waals surface area contributed by atoms with Crippen molar-refractivity contribution in [1.29, 1.82) is 0 Å². The predicted octanol–water partition coefficient (Wildman–Crippen LogP) is 3.35. The fourth-order valence-corrected chi connectivity index (χ4v) is 4.31. The number of nitrogens with zero attached hydrogens (tertiary/aromatic N) is 3. The highest BCUT2D eigenvalue weighted by Crippen LogP contribution is 2.39. The summed E-state index contributed by atoms with van der Waals surface area (Å²) < 4.78 is 0. The lowest BCUT2D eigenvalue weighted by Gasteiger charge is -2.30. The first-order chi connectivity index (χ1) is 14.9. The van der Waals surface area contributed by atoms with Gasteiger partial charge in [0, 0.05) is 6.07 Å². The molecule has 3 atom stereocenters. The zero-order valence-corrected chi connectivity index (χ0v) is 16.9. The molecular weight excluding hydrogens is 398 g/mol. The third-order valence-corrected chi connectivity index (χ3v) is 5.83. The molecule has 0 bridgehead atoms. The van der Waals surface area contributed by atoms with Crippen LogP contribution in [0.5, 0.6) is 0 Å². The summed E-state index contributed by atoms with van der Waals surface area (Å²) in [5, 5.41) is 13.4. The van der Waals surface area contributed by atoms with Gasteiger partial charge >= 0.3 is 0 Å². The number of hydrogen-bond donors (Lipinski definition) is 0. The van der Waals surface area contributed by atoms with E-state index in [0.29, 0.717) is 12.0 Å². The molecule has 2 aromatic carbocycles. The van der Waals surface area contributed by atoms with Crippen molar-refractivity contribution < 1.29 is 19.3 Å². The monoisotopic (exact) mass is 419 g/mol. The van der Waals surface area contributed by atoms with Gasteiger partial charge in [-0.15, -0.1) is 0 Å². The third-order valence-electron chi connectivity index (χ3n) is 5.83. The molecule has 1 aliphatic heterocycles. The zero-order valence-electron chi connectivity index (χ0n) is 16.9. The maximum atomic E-state index is 13.5. The molecule has 0 saturated carbocycles. The molecule has 1 aliphatic carbocycles. The van der Waals surface area contributed by atoms with Crippen LogP contribution >= 0.6 is 0 Å². The Hall–Kier alpha value is -3.81. The normalized spacial score (nSPS) is 22.4. The SMILES string of the molecule is C[C@@H]1C=CC[C@H]2C(=O)N(N(Cc3ccccc3)C(=O)c3ccccc3[N+](=O)[O-])C(=O)[C@H]12. The summed E-state index contributed by atoms with van der Waals surface area (Å²) in [4.78, 5) is 50.9. The van der Waals surface area contributed by atoms with Crippen LogP contribution in [0.25, 0.3) is 0 Å². The lowest BCUT2D eigenvalue weighted by atomic mass is 9.78. The van der Waals surface area contributed by atoms with E-state index in [9.17, 15) is 24.5 Å². The van der Waals surface area contributed by atoms with Crippen molar-refractivity contribution in [3.05, 3.63) is 88.0 Å². The van der Waals surface area contributed by atoms with Crippen LogP contribution in [0, 0.1) is 27.9 Å². The Bertz CT molecular complexity index is 1080. The van der Waals surface area contributed by atoms with Crippen molar-refractivity contribution in [1.82, 2.24) is 10.0 Å². The van der Waals surface area contributed by atoms with Gasteiger partial charge in [0.15, 0.2) is 0 Å². The van der Waals surface area contributed by atoms with Gasteiger partial charge in [-0.3, -0.25) is 24.5 Å². The average Bonchev–Trinajstić information content (AvgIpc) is 3.03. The number of nitro benzene ring substituents is 1. The smallest absolute Gasteiger partial charge is 0.272 e. The summed E-state index contributed by atoms with van der Waals surface area (Å²) in [5.41, 5.74) is 0.137. The number of hydrazine groups is 1. The highest BCUT2D eigenvalue weighted by molar-refractivity contribution is 6.08. The van der Waals surface area contributed by atoms with E-state index in [1.807, 2.05) is 25.1 Å². The number of imide groups is 1. The fraction of sp³-hybridized carbons (Fsp3) is 0.261. The van der Waals surface area contributed by atoms with Gasteiger partial charge in [0.05, 0.1) is 23.3 Å². The van der Waals surface area contributed by atoms with E-state index in [-0.39, 0.29) is 23.7 Å². The maximum Gasteiger partial charge on any atom is 0.282 e. The van der Waals surface area contributed by atoms with Crippen molar-refractivity contribution in [2.75, 3.05) is 0 Å². The molecule has 2 aliphatic rings. The number of nitro groups is 1. The van der Waals surface area contributed by atoms with Gasteiger partial charge in [0.2, 0.25) is 0 Å². The van der Waals surface area contributed by atoms with Crippen LogP contribution in [0.1, 0.15) is 29.3 Å². The minimum atomic E-state index is -0.767. The molecule has 0 radical (unpaired) electrons. The van der Waals surface area contributed by atoms with Gasteiger partial charge in [-0.1, -0.05) is 61.5 Å². The first kappa shape index (κ1) is 20.5. The summed E-state index contributed by atoms with van der Waals surface area (Å²) in [5.74, 6) is -2.89. The molecule has 0 spiro atoms. The molecule has 3 amide bonds. The molecule has 8 nitrogen and oxygen atoms in total. The van der Waals surface area contributed by atoms with Gasteiger partial charge in [-0.05, 0) is 24.0 Å². The van der Waals surface area contributed by atoms with E-state index in [0.717, 1.165) is 10.0 Å². The molecular formula is C23H21N3O5. The van der Waals surface area contributed by atoms with Crippen molar-refractivity contribution in [2.45, 2.75) is 19.9 Å². The van der Waals surface area contributed by atoms with Crippen LogP contribution in [-0.4, -0.2) is 32.7 Å². The second-order valence-corrected chi connectivity index (χ2v) is 7.77. The Morgan fingerprint density at radius 1 is 1.10 bits per heavy atom. The Morgan fingerprint density at radius 2 is 1.77 bits per heavy atom. The largest absolute Gasteiger partial charge is 0.282 e. The molecule has 158 valence electrons. The number of amides is 3. The number of benzene rings is 2. The number of carbonyl (C=O) groups excluding carboxylic acids is 3. The van der Waals surface area contributed by atoms with Gasteiger partial charge in [0.25, 0.3) is 23.4 Å². The number of fused-ring (bicyclic) bond motifs is 1. The summed E-state index contributed by atoms with van der Waals surface area (Å²) in [6, 6.07) is 14.4. The Balaban J connectivity index is 1.77. The van der Waals surface area contributed by atoms with E-state index in [1.165, 1.54) is 24.3 Å². The van der Waals surface area contributed by atoms with E-state index < -0.39 is 34.5 Å². The van der Waals surface area contributed by atoms with E-state index >= 15 is 0 Å². The van der Waals surface area contributed by atoms with E-state index in [4.69, 9.17) is 0 Å². The van der Waals surface area contributed by atoms with Crippen LogP contribution in [0.2, 0.25) is 0 Å². The third kappa shape index (κ3) is 3.61. The highest BCUT2D eigenvalue weighted by Gasteiger charge is 2.53. The van der Waals surface area contributed by atoms with Gasteiger partial charge < -0.3 is 0 Å². The molecule has 1 saturated heterocycles. The average molecular weight is 419 g/mol. The van der Waals surface area contributed by atoms with Crippen LogP contribution in [-0.2, 0) is 16.1 Å². The van der Waals surface area contributed by atoms with Crippen molar-refractivity contribution in [3.8, 4) is 0 Å². The molecule has 4 rings (SSSR count). The quantitative estimate of drug-likeness (QED) is 0.320. The molecule has 1 heterocycles. The van der Waals surface area contributed by atoms with Gasteiger partial charge in [-0.25, -0.2) is 5.01 Å². The van der Waals surface area contributed by atoms with Gasteiger partial charge in [0.1, 0.15) is 5.56 Å². The van der Waals surface area contributed by atoms with Gasteiger partial charge in [-0.2, -0.15) is 5.01 Å².